The lowest BCUT2D eigenvalue weighted by Gasteiger charge is -2.09. The lowest BCUT2D eigenvalue weighted by molar-refractivity contribution is 0.0954. The first-order valence-electron chi connectivity index (χ1n) is 7.45. The molecule has 24 heavy (non-hydrogen) atoms. The molecule has 4 nitrogen and oxygen atoms in total. The molecule has 2 N–H and O–H groups in total. The number of H-pyrrole nitrogens is 1. The van der Waals surface area contributed by atoms with E-state index >= 15 is 0 Å². The molecule has 0 aliphatic rings. The van der Waals surface area contributed by atoms with Crippen LogP contribution in [-0.4, -0.2) is 22.6 Å². The topological polar surface area (TPSA) is 57.8 Å². The van der Waals surface area contributed by atoms with Crippen molar-refractivity contribution in [3.05, 3.63) is 76.0 Å². The van der Waals surface area contributed by atoms with Crippen molar-refractivity contribution >= 4 is 29.1 Å². The lowest BCUT2D eigenvalue weighted by Crippen LogP contribution is -2.26. The van der Waals surface area contributed by atoms with E-state index in [1.165, 1.54) is 0 Å². The van der Waals surface area contributed by atoms with Gasteiger partial charge in [-0.3, -0.25) is 9.89 Å². The van der Waals surface area contributed by atoms with E-state index in [0.29, 0.717) is 28.6 Å². The quantitative estimate of drug-likeness (QED) is 0.711. The van der Waals surface area contributed by atoms with Crippen molar-refractivity contribution in [1.82, 2.24) is 15.5 Å². The van der Waals surface area contributed by atoms with Crippen LogP contribution >= 0.6 is 23.2 Å². The summed E-state index contributed by atoms with van der Waals surface area (Å²) in [6.07, 6.45) is 4.12. The largest absolute Gasteiger partial charge is 0.352 e. The smallest absolute Gasteiger partial charge is 0.252 e. The Morgan fingerprint density at radius 1 is 1.08 bits per heavy atom. The van der Waals surface area contributed by atoms with Crippen LogP contribution in [-0.2, 0) is 6.42 Å². The second-order valence-corrected chi connectivity index (χ2v) is 6.09. The molecule has 1 amide bonds. The fraction of sp³-hybridized carbons (Fsp3) is 0.111. The van der Waals surface area contributed by atoms with Crippen molar-refractivity contribution in [2.24, 2.45) is 0 Å². The molecule has 0 saturated heterocycles. The Hall–Kier alpha value is -2.30. The third-order valence-corrected chi connectivity index (χ3v) is 4.38. The van der Waals surface area contributed by atoms with Crippen LogP contribution in [0, 0.1) is 0 Å². The van der Waals surface area contributed by atoms with Gasteiger partial charge in [0.2, 0.25) is 0 Å². The third-order valence-electron chi connectivity index (χ3n) is 3.68. The number of amides is 1. The van der Waals surface area contributed by atoms with E-state index in [1.54, 1.807) is 24.5 Å². The summed E-state index contributed by atoms with van der Waals surface area (Å²) < 4.78 is 0. The highest BCUT2D eigenvalue weighted by molar-refractivity contribution is 6.34. The number of benzene rings is 2. The van der Waals surface area contributed by atoms with Crippen LogP contribution in [0.5, 0.6) is 0 Å². The first-order chi connectivity index (χ1) is 11.6. The second-order valence-electron chi connectivity index (χ2n) is 5.28. The van der Waals surface area contributed by atoms with E-state index in [2.05, 4.69) is 15.5 Å². The highest BCUT2D eigenvalue weighted by Gasteiger charge is 2.12. The summed E-state index contributed by atoms with van der Waals surface area (Å²) in [5.41, 5.74) is 3.22. The molecule has 0 atom stereocenters. The number of rotatable bonds is 5. The molecule has 122 valence electrons. The number of aromatic nitrogens is 2. The molecule has 6 heteroatoms. The summed E-state index contributed by atoms with van der Waals surface area (Å²) in [5.74, 6) is -0.211. The molecule has 1 heterocycles. The van der Waals surface area contributed by atoms with Crippen LogP contribution in [0.25, 0.3) is 11.1 Å². The maximum Gasteiger partial charge on any atom is 0.252 e. The van der Waals surface area contributed by atoms with Crippen molar-refractivity contribution < 1.29 is 4.79 Å². The van der Waals surface area contributed by atoms with Crippen LogP contribution in [0.2, 0.25) is 10.0 Å². The van der Waals surface area contributed by atoms with Gasteiger partial charge in [0.05, 0.1) is 16.8 Å². The molecular formula is C18H15Cl2N3O. The fourth-order valence-corrected chi connectivity index (χ4v) is 2.83. The number of nitrogens with one attached hydrogen (secondary N) is 2. The Morgan fingerprint density at radius 2 is 1.92 bits per heavy atom. The van der Waals surface area contributed by atoms with Gasteiger partial charge in [0.25, 0.3) is 5.91 Å². The number of carbonyl (C=O) groups excluding carboxylic acids is 1. The molecule has 0 spiro atoms. The van der Waals surface area contributed by atoms with E-state index in [-0.39, 0.29) is 5.91 Å². The minimum atomic E-state index is -0.211. The predicted octanol–water partition coefficient (Wildman–Crippen LogP) is 4.36. The van der Waals surface area contributed by atoms with E-state index < -0.39 is 0 Å². The molecule has 1 aromatic heterocycles. The summed E-state index contributed by atoms with van der Waals surface area (Å²) in [5, 5.41) is 10.7. The molecule has 0 aliphatic carbocycles. The molecule has 0 aliphatic heterocycles. The number of aromatic amines is 1. The molecule has 0 radical (unpaired) electrons. The van der Waals surface area contributed by atoms with Crippen molar-refractivity contribution in [2.45, 2.75) is 6.42 Å². The minimum absolute atomic E-state index is 0.211. The second kappa shape index (κ2) is 7.51. The number of halogens is 2. The van der Waals surface area contributed by atoms with Gasteiger partial charge in [0.15, 0.2) is 0 Å². The van der Waals surface area contributed by atoms with Crippen LogP contribution in [0.4, 0.5) is 0 Å². The number of hydrogen-bond donors (Lipinski definition) is 2. The molecule has 3 rings (SSSR count). The molecule has 0 saturated carbocycles. The van der Waals surface area contributed by atoms with Crippen molar-refractivity contribution in [3.8, 4) is 11.1 Å². The van der Waals surface area contributed by atoms with Gasteiger partial charge in [-0.2, -0.15) is 5.10 Å². The summed E-state index contributed by atoms with van der Waals surface area (Å²) in [7, 11) is 0. The fourth-order valence-electron chi connectivity index (χ4n) is 2.39. The lowest BCUT2D eigenvalue weighted by atomic mass is 10.1. The van der Waals surface area contributed by atoms with Crippen LogP contribution < -0.4 is 5.32 Å². The normalized spacial score (nSPS) is 10.6. The molecule has 0 bridgehead atoms. The Bertz CT molecular complexity index is 847. The molecule has 0 fully saturated rings. The minimum Gasteiger partial charge on any atom is -0.352 e. The van der Waals surface area contributed by atoms with E-state index in [4.69, 9.17) is 23.2 Å². The van der Waals surface area contributed by atoms with E-state index in [9.17, 15) is 4.79 Å². The average Bonchev–Trinajstić information content (AvgIpc) is 3.11. The standard InChI is InChI=1S/C18H15Cl2N3O/c19-16-4-2-1-3-12(16)7-8-21-18(24)15-9-13(5-6-17(15)20)14-10-22-23-11-14/h1-6,9-11H,7-8H2,(H,21,24)(H,22,23). The SMILES string of the molecule is O=C(NCCc1ccccc1Cl)c1cc(-c2cn[nH]c2)ccc1Cl. The first-order valence-corrected chi connectivity index (χ1v) is 8.21. The van der Waals surface area contributed by atoms with Gasteiger partial charge in [-0.15, -0.1) is 0 Å². The Morgan fingerprint density at radius 3 is 2.67 bits per heavy atom. The zero-order valence-corrected chi connectivity index (χ0v) is 14.2. The molecular weight excluding hydrogens is 345 g/mol. The van der Waals surface area contributed by atoms with Gasteiger partial charge in [0, 0.05) is 23.3 Å². The maximum absolute atomic E-state index is 12.4. The van der Waals surface area contributed by atoms with Gasteiger partial charge < -0.3 is 5.32 Å². The monoisotopic (exact) mass is 359 g/mol. The zero-order valence-electron chi connectivity index (χ0n) is 12.7. The van der Waals surface area contributed by atoms with Gasteiger partial charge in [-0.1, -0.05) is 47.5 Å². The zero-order chi connectivity index (χ0) is 16.9. The predicted molar refractivity (Wildman–Crippen MR) is 96.5 cm³/mol. The van der Waals surface area contributed by atoms with Crippen molar-refractivity contribution in [1.29, 1.82) is 0 Å². The van der Waals surface area contributed by atoms with Gasteiger partial charge >= 0.3 is 0 Å². The van der Waals surface area contributed by atoms with Crippen molar-refractivity contribution in [3.63, 3.8) is 0 Å². The Balaban J connectivity index is 1.69. The molecule has 2 aromatic carbocycles. The van der Waals surface area contributed by atoms with Gasteiger partial charge in [-0.25, -0.2) is 0 Å². The summed E-state index contributed by atoms with van der Waals surface area (Å²) in [6, 6.07) is 12.9. The van der Waals surface area contributed by atoms with Crippen molar-refractivity contribution in [2.75, 3.05) is 6.54 Å². The maximum atomic E-state index is 12.4. The average molecular weight is 360 g/mol. The van der Waals surface area contributed by atoms with E-state index in [0.717, 1.165) is 16.7 Å². The Kier molecular flexibility index (Phi) is 5.18. The van der Waals surface area contributed by atoms with Crippen LogP contribution in [0.15, 0.2) is 54.9 Å². The number of carbonyl (C=O) groups is 1. The van der Waals surface area contributed by atoms with Crippen LogP contribution in [0.3, 0.4) is 0 Å². The third kappa shape index (κ3) is 3.78. The highest BCUT2D eigenvalue weighted by atomic mass is 35.5. The highest BCUT2D eigenvalue weighted by Crippen LogP contribution is 2.24. The summed E-state index contributed by atoms with van der Waals surface area (Å²) in [4.78, 5) is 12.4. The van der Waals surface area contributed by atoms with Crippen LogP contribution in [0.1, 0.15) is 15.9 Å². The Labute approximate surface area is 149 Å². The number of nitrogens with zero attached hydrogens (tertiary/aromatic N) is 1. The summed E-state index contributed by atoms with van der Waals surface area (Å²) >= 11 is 12.3. The number of hydrogen-bond acceptors (Lipinski definition) is 2. The van der Waals surface area contributed by atoms with E-state index in [1.807, 2.05) is 30.3 Å². The molecule has 0 unspecified atom stereocenters. The molecule has 3 aromatic rings. The van der Waals surface area contributed by atoms with Gasteiger partial charge in [-0.05, 0) is 35.7 Å². The van der Waals surface area contributed by atoms with Gasteiger partial charge in [0.1, 0.15) is 0 Å². The first kappa shape index (κ1) is 16.6. The summed E-state index contributed by atoms with van der Waals surface area (Å²) in [6.45, 7) is 0.481.